The first-order valence-electron chi connectivity index (χ1n) is 7.15. The molecule has 0 heterocycles. The van der Waals surface area contributed by atoms with Gasteiger partial charge in [-0.05, 0) is 46.7 Å². The molecule has 0 amide bonds. The van der Waals surface area contributed by atoms with Gasteiger partial charge in [0.15, 0.2) is 0 Å². The van der Waals surface area contributed by atoms with Gasteiger partial charge in [-0.2, -0.15) is 0 Å². The fourth-order valence-corrected chi connectivity index (χ4v) is 2.64. The third kappa shape index (κ3) is 3.65. The normalized spacial score (nSPS) is 13.2. The van der Waals surface area contributed by atoms with Crippen LogP contribution in [0.25, 0.3) is 0 Å². The molecule has 1 atom stereocenters. The highest BCUT2D eigenvalue weighted by Gasteiger charge is 2.17. The van der Waals surface area contributed by atoms with Gasteiger partial charge in [-0.15, -0.1) is 0 Å². The molecule has 2 aromatic rings. The van der Waals surface area contributed by atoms with E-state index in [1.165, 1.54) is 11.1 Å². The number of hydrazine groups is 1. The Hall–Kier alpha value is -1.35. The second kappa shape index (κ2) is 6.18. The van der Waals surface area contributed by atoms with Crippen LogP contribution >= 0.6 is 11.6 Å². The number of hydrogen-bond acceptors (Lipinski definition) is 2. The first-order valence-corrected chi connectivity index (χ1v) is 7.53. The van der Waals surface area contributed by atoms with Gasteiger partial charge in [0.05, 0.1) is 6.04 Å². The Morgan fingerprint density at radius 2 is 1.67 bits per heavy atom. The Kier molecular flexibility index (Phi) is 4.72. The van der Waals surface area contributed by atoms with Crippen LogP contribution in [0.2, 0.25) is 5.02 Å². The molecule has 0 aromatic heterocycles. The van der Waals surface area contributed by atoms with E-state index in [0.29, 0.717) is 0 Å². The maximum atomic E-state index is 6.12. The van der Waals surface area contributed by atoms with Crippen LogP contribution in [-0.2, 0) is 5.41 Å². The second-order valence-electron chi connectivity index (χ2n) is 6.47. The number of nitrogens with one attached hydrogen (secondary N) is 1. The summed E-state index contributed by atoms with van der Waals surface area (Å²) in [6, 6.07) is 14.4. The zero-order valence-electron chi connectivity index (χ0n) is 13.1. The van der Waals surface area contributed by atoms with Gasteiger partial charge in [0.25, 0.3) is 0 Å². The molecule has 0 aliphatic rings. The van der Waals surface area contributed by atoms with Gasteiger partial charge in [-0.25, -0.2) is 5.43 Å². The Balaban J connectivity index is 2.40. The fourth-order valence-electron chi connectivity index (χ4n) is 2.46. The molecule has 0 bridgehead atoms. The van der Waals surface area contributed by atoms with Crippen LogP contribution in [0.5, 0.6) is 0 Å². The van der Waals surface area contributed by atoms with E-state index in [1.54, 1.807) is 0 Å². The Bertz CT molecular complexity index is 612. The first-order chi connectivity index (χ1) is 9.82. The van der Waals surface area contributed by atoms with Crippen molar-refractivity contribution >= 4 is 11.6 Å². The second-order valence-corrected chi connectivity index (χ2v) is 6.91. The molecule has 3 heteroatoms. The SMILES string of the molecule is Cc1ccc(Cl)cc1C(NN)c1ccc(C(C)(C)C)cc1. The van der Waals surface area contributed by atoms with Crippen molar-refractivity contribution in [3.8, 4) is 0 Å². The predicted molar refractivity (Wildman–Crippen MR) is 90.5 cm³/mol. The lowest BCUT2D eigenvalue weighted by molar-refractivity contribution is 0.587. The van der Waals surface area contributed by atoms with Crippen molar-refractivity contribution in [3.05, 3.63) is 69.7 Å². The number of hydrogen-bond donors (Lipinski definition) is 2. The average molecular weight is 303 g/mol. The standard InChI is InChI=1S/C18H23ClN2/c1-12-5-10-15(19)11-16(12)17(21-20)13-6-8-14(9-7-13)18(2,3)4/h5-11,17,21H,20H2,1-4H3. The molecule has 0 aliphatic heterocycles. The molecule has 0 spiro atoms. The van der Waals surface area contributed by atoms with Crippen molar-refractivity contribution in [2.24, 2.45) is 5.84 Å². The Morgan fingerprint density at radius 3 is 2.19 bits per heavy atom. The van der Waals surface area contributed by atoms with Gasteiger partial charge >= 0.3 is 0 Å². The molecule has 0 saturated heterocycles. The van der Waals surface area contributed by atoms with Crippen LogP contribution in [0.3, 0.4) is 0 Å². The predicted octanol–water partition coefficient (Wildman–Crippen LogP) is 4.50. The summed E-state index contributed by atoms with van der Waals surface area (Å²) in [6.07, 6.45) is 0. The quantitative estimate of drug-likeness (QED) is 0.647. The summed E-state index contributed by atoms with van der Waals surface area (Å²) < 4.78 is 0. The zero-order chi connectivity index (χ0) is 15.6. The van der Waals surface area contributed by atoms with Crippen LogP contribution in [0, 0.1) is 6.92 Å². The summed E-state index contributed by atoms with van der Waals surface area (Å²) in [5.41, 5.74) is 7.77. The van der Waals surface area contributed by atoms with Crippen LogP contribution in [0.15, 0.2) is 42.5 Å². The summed E-state index contributed by atoms with van der Waals surface area (Å²) in [4.78, 5) is 0. The Labute approximate surface area is 132 Å². The van der Waals surface area contributed by atoms with E-state index < -0.39 is 0 Å². The third-order valence-electron chi connectivity index (χ3n) is 3.83. The summed E-state index contributed by atoms with van der Waals surface area (Å²) in [6.45, 7) is 8.70. The van der Waals surface area contributed by atoms with E-state index in [9.17, 15) is 0 Å². The highest BCUT2D eigenvalue weighted by atomic mass is 35.5. The summed E-state index contributed by atoms with van der Waals surface area (Å²) in [7, 11) is 0. The molecule has 0 saturated carbocycles. The fraction of sp³-hybridized carbons (Fsp3) is 0.333. The molecule has 0 aliphatic carbocycles. The van der Waals surface area contributed by atoms with Crippen molar-refractivity contribution in [2.75, 3.05) is 0 Å². The van der Waals surface area contributed by atoms with E-state index in [-0.39, 0.29) is 11.5 Å². The Morgan fingerprint density at radius 1 is 1.05 bits per heavy atom. The molecule has 21 heavy (non-hydrogen) atoms. The number of nitrogens with two attached hydrogens (primary N) is 1. The maximum Gasteiger partial charge on any atom is 0.0713 e. The molecule has 1 unspecified atom stereocenters. The smallest absolute Gasteiger partial charge is 0.0713 e. The van der Waals surface area contributed by atoms with Gasteiger partial charge in [0.2, 0.25) is 0 Å². The lowest BCUT2D eigenvalue weighted by Crippen LogP contribution is -2.29. The van der Waals surface area contributed by atoms with Crippen molar-refractivity contribution in [3.63, 3.8) is 0 Å². The van der Waals surface area contributed by atoms with E-state index in [4.69, 9.17) is 17.4 Å². The van der Waals surface area contributed by atoms with E-state index in [2.05, 4.69) is 57.4 Å². The monoisotopic (exact) mass is 302 g/mol. The van der Waals surface area contributed by atoms with Gasteiger partial charge in [0, 0.05) is 5.02 Å². The van der Waals surface area contributed by atoms with Crippen molar-refractivity contribution in [1.82, 2.24) is 5.43 Å². The molecule has 0 fully saturated rings. The van der Waals surface area contributed by atoms with Crippen LogP contribution < -0.4 is 11.3 Å². The van der Waals surface area contributed by atoms with E-state index in [1.807, 2.05) is 18.2 Å². The molecule has 2 rings (SSSR count). The molecule has 112 valence electrons. The molecular formula is C18H23ClN2. The summed E-state index contributed by atoms with van der Waals surface area (Å²) in [5, 5.41) is 0.724. The van der Waals surface area contributed by atoms with Gasteiger partial charge in [-0.3, -0.25) is 5.84 Å². The topological polar surface area (TPSA) is 38.0 Å². The number of benzene rings is 2. The van der Waals surface area contributed by atoms with Crippen molar-refractivity contribution < 1.29 is 0 Å². The third-order valence-corrected chi connectivity index (χ3v) is 4.06. The van der Waals surface area contributed by atoms with E-state index in [0.717, 1.165) is 16.1 Å². The minimum Gasteiger partial charge on any atom is -0.271 e. The lowest BCUT2D eigenvalue weighted by Gasteiger charge is -2.22. The molecular weight excluding hydrogens is 280 g/mol. The maximum absolute atomic E-state index is 6.12. The first kappa shape index (κ1) is 16.0. The van der Waals surface area contributed by atoms with Gasteiger partial charge in [-0.1, -0.05) is 62.7 Å². The minimum absolute atomic E-state index is 0.0577. The highest BCUT2D eigenvalue weighted by Crippen LogP contribution is 2.29. The van der Waals surface area contributed by atoms with E-state index >= 15 is 0 Å². The average Bonchev–Trinajstić information content (AvgIpc) is 2.43. The van der Waals surface area contributed by atoms with Gasteiger partial charge < -0.3 is 0 Å². The lowest BCUT2D eigenvalue weighted by atomic mass is 9.85. The van der Waals surface area contributed by atoms with Crippen molar-refractivity contribution in [2.45, 2.75) is 39.2 Å². The number of aryl methyl sites for hydroxylation is 1. The van der Waals surface area contributed by atoms with Crippen molar-refractivity contribution in [1.29, 1.82) is 0 Å². The molecule has 2 nitrogen and oxygen atoms in total. The molecule has 2 aromatic carbocycles. The summed E-state index contributed by atoms with van der Waals surface area (Å²) >= 11 is 6.12. The van der Waals surface area contributed by atoms with Crippen LogP contribution in [0.1, 0.15) is 49.1 Å². The number of halogens is 1. The van der Waals surface area contributed by atoms with Gasteiger partial charge in [0.1, 0.15) is 0 Å². The zero-order valence-corrected chi connectivity index (χ0v) is 13.8. The largest absolute Gasteiger partial charge is 0.271 e. The summed E-state index contributed by atoms with van der Waals surface area (Å²) in [5.74, 6) is 5.79. The molecule has 3 N–H and O–H groups in total. The van der Waals surface area contributed by atoms with Crippen LogP contribution in [0.4, 0.5) is 0 Å². The number of rotatable bonds is 3. The van der Waals surface area contributed by atoms with Crippen LogP contribution in [-0.4, -0.2) is 0 Å². The highest BCUT2D eigenvalue weighted by molar-refractivity contribution is 6.30. The minimum atomic E-state index is -0.0577. The molecule has 0 radical (unpaired) electrons.